The topological polar surface area (TPSA) is 40.5 Å². The van der Waals surface area contributed by atoms with Gasteiger partial charge in [-0.05, 0) is 38.3 Å². The molecule has 3 heteroatoms. The minimum Gasteiger partial charge on any atom is -0.481 e. The summed E-state index contributed by atoms with van der Waals surface area (Å²) in [6.45, 7) is 9.60. The van der Waals surface area contributed by atoms with Crippen LogP contribution in [0.15, 0.2) is 0 Å². The highest BCUT2D eigenvalue weighted by Gasteiger charge is 2.40. The Morgan fingerprint density at radius 2 is 1.94 bits per heavy atom. The molecule has 0 spiro atoms. The lowest BCUT2D eigenvalue weighted by Gasteiger charge is -2.39. The third-order valence-electron chi connectivity index (χ3n) is 4.26. The maximum Gasteiger partial charge on any atom is 0.309 e. The van der Waals surface area contributed by atoms with E-state index in [4.69, 9.17) is 0 Å². The highest BCUT2D eigenvalue weighted by molar-refractivity contribution is 5.74. The summed E-state index contributed by atoms with van der Waals surface area (Å²) in [5.74, 6) is 0.140. The molecule has 0 saturated carbocycles. The Kier molecular flexibility index (Phi) is 5.44. The fourth-order valence-electron chi connectivity index (χ4n) is 2.78. The van der Waals surface area contributed by atoms with Crippen molar-refractivity contribution in [3.8, 4) is 0 Å². The summed E-state index contributed by atoms with van der Waals surface area (Å²) in [5, 5.41) is 9.42. The summed E-state index contributed by atoms with van der Waals surface area (Å²) >= 11 is 0. The standard InChI is InChI=1S/C14H27NO2/c1-4-6-14(13(16)17)7-9-15(10-8-14)11-12(3)5-2/h12H,4-11H2,1-3H3,(H,16,17). The average Bonchev–Trinajstić information content (AvgIpc) is 2.31. The number of rotatable bonds is 6. The van der Waals surface area contributed by atoms with Crippen LogP contribution in [0, 0.1) is 11.3 Å². The summed E-state index contributed by atoms with van der Waals surface area (Å²) in [4.78, 5) is 13.9. The summed E-state index contributed by atoms with van der Waals surface area (Å²) in [6, 6.07) is 0. The second-order valence-electron chi connectivity index (χ2n) is 5.65. The minimum absolute atomic E-state index is 0.430. The van der Waals surface area contributed by atoms with Gasteiger partial charge in [-0.1, -0.05) is 33.6 Å². The van der Waals surface area contributed by atoms with Crippen molar-refractivity contribution < 1.29 is 9.90 Å². The van der Waals surface area contributed by atoms with Gasteiger partial charge in [0.2, 0.25) is 0 Å². The van der Waals surface area contributed by atoms with Gasteiger partial charge in [-0.15, -0.1) is 0 Å². The molecule has 1 unspecified atom stereocenters. The number of likely N-dealkylation sites (tertiary alicyclic amines) is 1. The zero-order valence-electron chi connectivity index (χ0n) is 11.5. The molecule has 1 saturated heterocycles. The molecule has 0 aromatic rings. The highest BCUT2D eigenvalue weighted by Crippen LogP contribution is 2.36. The normalized spacial score (nSPS) is 22.3. The van der Waals surface area contributed by atoms with Crippen LogP contribution in [-0.2, 0) is 4.79 Å². The summed E-state index contributed by atoms with van der Waals surface area (Å²) in [7, 11) is 0. The number of carboxylic acid groups (broad SMARTS) is 1. The first-order chi connectivity index (χ1) is 8.04. The van der Waals surface area contributed by atoms with Gasteiger partial charge in [-0.25, -0.2) is 0 Å². The average molecular weight is 241 g/mol. The molecule has 1 aliphatic heterocycles. The fraction of sp³-hybridized carbons (Fsp3) is 0.929. The van der Waals surface area contributed by atoms with E-state index >= 15 is 0 Å². The Balaban J connectivity index is 2.50. The third kappa shape index (κ3) is 3.70. The van der Waals surface area contributed by atoms with Crippen LogP contribution in [0.4, 0.5) is 0 Å². The molecule has 1 fully saturated rings. The van der Waals surface area contributed by atoms with Crippen LogP contribution in [-0.4, -0.2) is 35.6 Å². The van der Waals surface area contributed by atoms with E-state index in [-0.39, 0.29) is 0 Å². The number of carbonyl (C=O) groups is 1. The summed E-state index contributed by atoms with van der Waals surface area (Å²) in [5.41, 5.74) is -0.430. The van der Waals surface area contributed by atoms with Gasteiger partial charge in [0, 0.05) is 6.54 Å². The van der Waals surface area contributed by atoms with E-state index in [2.05, 4.69) is 25.7 Å². The maximum atomic E-state index is 11.4. The molecular formula is C14H27NO2. The molecule has 17 heavy (non-hydrogen) atoms. The van der Waals surface area contributed by atoms with Crippen molar-refractivity contribution in [2.75, 3.05) is 19.6 Å². The SMILES string of the molecule is CCCC1(C(=O)O)CCN(CC(C)CC)CC1. The van der Waals surface area contributed by atoms with E-state index in [0.717, 1.165) is 51.2 Å². The smallest absolute Gasteiger partial charge is 0.309 e. The lowest BCUT2D eigenvalue weighted by atomic mass is 9.75. The van der Waals surface area contributed by atoms with Gasteiger partial charge in [-0.3, -0.25) is 4.79 Å². The largest absolute Gasteiger partial charge is 0.481 e. The molecule has 1 N–H and O–H groups in total. The molecule has 3 nitrogen and oxygen atoms in total. The summed E-state index contributed by atoms with van der Waals surface area (Å²) < 4.78 is 0. The number of hydrogen-bond acceptors (Lipinski definition) is 2. The van der Waals surface area contributed by atoms with Crippen LogP contribution < -0.4 is 0 Å². The summed E-state index contributed by atoms with van der Waals surface area (Å²) in [6.07, 6.45) is 4.66. The van der Waals surface area contributed by atoms with Crippen LogP contribution in [0.1, 0.15) is 52.9 Å². The van der Waals surface area contributed by atoms with Crippen LogP contribution in [0.2, 0.25) is 0 Å². The second kappa shape index (κ2) is 6.39. The molecule has 0 amide bonds. The molecule has 1 heterocycles. The van der Waals surface area contributed by atoms with E-state index in [9.17, 15) is 9.90 Å². The number of hydrogen-bond donors (Lipinski definition) is 1. The van der Waals surface area contributed by atoms with Crippen molar-refractivity contribution in [2.45, 2.75) is 52.9 Å². The lowest BCUT2D eigenvalue weighted by Crippen LogP contribution is -2.45. The first-order valence-electron chi connectivity index (χ1n) is 7.00. The highest BCUT2D eigenvalue weighted by atomic mass is 16.4. The molecular weight excluding hydrogens is 214 g/mol. The maximum absolute atomic E-state index is 11.4. The van der Waals surface area contributed by atoms with E-state index in [1.807, 2.05) is 0 Å². The van der Waals surface area contributed by atoms with Crippen molar-refractivity contribution in [2.24, 2.45) is 11.3 Å². The van der Waals surface area contributed by atoms with E-state index in [0.29, 0.717) is 0 Å². The molecule has 0 bridgehead atoms. The van der Waals surface area contributed by atoms with E-state index in [1.165, 1.54) is 6.42 Å². The van der Waals surface area contributed by atoms with Gasteiger partial charge in [-0.2, -0.15) is 0 Å². The van der Waals surface area contributed by atoms with Crippen LogP contribution in [0.3, 0.4) is 0 Å². The molecule has 1 atom stereocenters. The Hall–Kier alpha value is -0.570. The molecule has 100 valence electrons. The molecule has 0 aliphatic carbocycles. The predicted octanol–water partition coefficient (Wildman–Crippen LogP) is 3.00. The van der Waals surface area contributed by atoms with Gasteiger partial charge < -0.3 is 10.0 Å². The van der Waals surface area contributed by atoms with Crippen LogP contribution >= 0.6 is 0 Å². The monoisotopic (exact) mass is 241 g/mol. The number of nitrogens with zero attached hydrogens (tertiary/aromatic N) is 1. The van der Waals surface area contributed by atoms with Crippen molar-refractivity contribution in [3.63, 3.8) is 0 Å². The number of carboxylic acids is 1. The first kappa shape index (κ1) is 14.5. The zero-order valence-corrected chi connectivity index (χ0v) is 11.5. The number of aliphatic carboxylic acids is 1. The van der Waals surface area contributed by atoms with Crippen molar-refractivity contribution in [3.05, 3.63) is 0 Å². The van der Waals surface area contributed by atoms with Crippen LogP contribution in [0.25, 0.3) is 0 Å². The molecule has 0 aromatic carbocycles. The van der Waals surface area contributed by atoms with Gasteiger partial charge in [0.05, 0.1) is 5.41 Å². The molecule has 0 aromatic heterocycles. The minimum atomic E-state index is -0.581. The van der Waals surface area contributed by atoms with E-state index in [1.54, 1.807) is 0 Å². The van der Waals surface area contributed by atoms with Gasteiger partial charge in [0.15, 0.2) is 0 Å². The van der Waals surface area contributed by atoms with Gasteiger partial charge in [0.1, 0.15) is 0 Å². The van der Waals surface area contributed by atoms with Crippen molar-refractivity contribution in [1.82, 2.24) is 4.90 Å². The van der Waals surface area contributed by atoms with Crippen LogP contribution in [0.5, 0.6) is 0 Å². The lowest BCUT2D eigenvalue weighted by molar-refractivity contribution is -0.152. The molecule has 1 rings (SSSR count). The van der Waals surface area contributed by atoms with Gasteiger partial charge >= 0.3 is 5.97 Å². The Morgan fingerprint density at radius 3 is 2.35 bits per heavy atom. The molecule has 0 radical (unpaired) electrons. The third-order valence-corrected chi connectivity index (χ3v) is 4.26. The zero-order chi connectivity index (χ0) is 12.9. The van der Waals surface area contributed by atoms with E-state index < -0.39 is 11.4 Å². The van der Waals surface area contributed by atoms with Gasteiger partial charge in [0.25, 0.3) is 0 Å². The second-order valence-corrected chi connectivity index (χ2v) is 5.65. The Labute approximate surface area is 105 Å². The number of piperidine rings is 1. The first-order valence-corrected chi connectivity index (χ1v) is 7.00. The molecule has 1 aliphatic rings. The Bertz CT molecular complexity index is 245. The predicted molar refractivity (Wildman–Crippen MR) is 70.1 cm³/mol. The van der Waals surface area contributed by atoms with Crippen molar-refractivity contribution >= 4 is 5.97 Å². The Morgan fingerprint density at radius 1 is 1.35 bits per heavy atom. The van der Waals surface area contributed by atoms with Crippen molar-refractivity contribution in [1.29, 1.82) is 0 Å². The quantitative estimate of drug-likeness (QED) is 0.777. The fourth-order valence-corrected chi connectivity index (χ4v) is 2.78.